The van der Waals surface area contributed by atoms with Gasteiger partial charge >= 0.3 is 0 Å². The average Bonchev–Trinajstić information content (AvgIpc) is 2.39. The molecule has 0 atom stereocenters. The van der Waals surface area contributed by atoms with Gasteiger partial charge in [-0.25, -0.2) is 17.8 Å². The van der Waals surface area contributed by atoms with Gasteiger partial charge in [0.15, 0.2) is 11.6 Å². The van der Waals surface area contributed by atoms with Gasteiger partial charge in [-0.15, -0.1) is 0 Å². The maximum absolute atomic E-state index is 13.5. The summed E-state index contributed by atoms with van der Waals surface area (Å²) >= 11 is 0. The number of ether oxygens (including phenoxy) is 1. The number of pyridine rings is 1. The summed E-state index contributed by atoms with van der Waals surface area (Å²) in [6.07, 6.45) is 1.45. The van der Waals surface area contributed by atoms with Crippen molar-refractivity contribution < 1.29 is 17.5 Å². The minimum Gasteiger partial charge on any atom is -0.494 e. The minimum atomic E-state index is -3.87. The fourth-order valence-electron chi connectivity index (χ4n) is 1.43. The van der Waals surface area contributed by atoms with Crippen LogP contribution in [0.3, 0.4) is 0 Å². The molecule has 0 unspecified atom stereocenters. The molecule has 7 heteroatoms. The fourth-order valence-corrected chi connectivity index (χ4v) is 2.45. The van der Waals surface area contributed by atoms with Crippen molar-refractivity contribution in [3.8, 4) is 5.75 Å². The number of aromatic nitrogens is 1. The van der Waals surface area contributed by atoms with Crippen LogP contribution in [0.25, 0.3) is 0 Å². The summed E-state index contributed by atoms with van der Waals surface area (Å²) in [4.78, 5) is 3.64. The largest absolute Gasteiger partial charge is 0.494 e. The summed E-state index contributed by atoms with van der Waals surface area (Å²) in [6, 6.07) is 8.20. The molecule has 1 N–H and O–H groups in total. The van der Waals surface area contributed by atoms with E-state index in [2.05, 4.69) is 9.71 Å². The predicted octanol–water partition coefficient (Wildman–Crippen LogP) is 2.03. The number of hydrogen-bond donors (Lipinski definition) is 1. The van der Waals surface area contributed by atoms with Gasteiger partial charge in [-0.05, 0) is 30.3 Å². The fraction of sp³-hybridized carbons (Fsp3) is 0.0833. The second-order valence-corrected chi connectivity index (χ2v) is 5.30. The molecule has 0 fully saturated rings. The first kappa shape index (κ1) is 13.3. The van der Waals surface area contributed by atoms with Crippen molar-refractivity contribution in [2.75, 3.05) is 11.8 Å². The Bertz CT molecular complexity index is 675. The quantitative estimate of drug-likeness (QED) is 0.931. The van der Waals surface area contributed by atoms with Crippen LogP contribution in [-0.4, -0.2) is 20.5 Å². The molecule has 0 aliphatic carbocycles. The van der Waals surface area contributed by atoms with Crippen molar-refractivity contribution in [3.05, 3.63) is 48.4 Å². The van der Waals surface area contributed by atoms with Crippen LogP contribution >= 0.6 is 0 Å². The number of anilines is 1. The summed E-state index contributed by atoms with van der Waals surface area (Å²) in [6.45, 7) is 0. The molecule has 1 aromatic carbocycles. The van der Waals surface area contributed by atoms with E-state index in [1.807, 2.05) is 0 Å². The first-order valence-corrected chi connectivity index (χ1v) is 6.78. The number of hydrogen-bond acceptors (Lipinski definition) is 4. The van der Waals surface area contributed by atoms with Gasteiger partial charge in [-0.3, -0.25) is 4.72 Å². The van der Waals surface area contributed by atoms with Crippen LogP contribution in [-0.2, 0) is 10.0 Å². The molecule has 0 saturated carbocycles. The van der Waals surface area contributed by atoms with Crippen LogP contribution in [0.4, 0.5) is 10.2 Å². The lowest BCUT2D eigenvalue weighted by Crippen LogP contribution is -2.14. The Kier molecular flexibility index (Phi) is 3.66. The van der Waals surface area contributed by atoms with Crippen LogP contribution in [0.15, 0.2) is 47.5 Å². The van der Waals surface area contributed by atoms with Crippen LogP contribution in [0.1, 0.15) is 0 Å². The van der Waals surface area contributed by atoms with E-state index in [-0.39, 0.29) is 16.5 Å². The zero-order valence-corrected chi connectivity index (χ0v) is 10.8. The van der Waals surface area contributed by atoms with E-state index in [1.54, 1.807) is 12.1 Å². The van der Waals surface area contributed by atoms with Crippen LogP contribution in [0, 0.1) is 5.82 Å². The topological polar surface area (TPSA) is 68.3 Å². The molecule has 1 heterocycles. The van der Waals surface area contributed by atoms with Crippen LogP contribution in [0.2, 0.25) is 0 Å². The van der Waals surface area contributed by atoms with Crippen molar-refractivity contribution in [1.29, 1.82) is 0 Å². The number of methoxy groups -OCH3 is 1. The second kappa shape index (κ2) is 5.23. The highest BCUT2D eigenvalue weighted by molar-refractivity contribution is 7.92. The number of nitrogens with one attached hydrogen (secondary N) is 1. The van der Waals surface area contributed by atoms with Crippen molar-refractivity contribution in [2.45, 2.75) is 4.90 Å². The van der Waals surface area contributed by atoms with Crippen LogP contribution in [0.5, 0.6) is 5.75 Å². The van der Waals surface area contributed by atoms with E-state index < -0.39 is 15.8 Å². The summed E-state index contributed by atoms with van der Waals surface area (Å²) in [5.41, 5.74) is 0. The third-order valence-corrected chi connectivity index (χ3v) is 3.69. The molecule has 0 saturated heterocycles. The average molecular weight is 282 g/mol. The van der Waals surface area contributed by atoms with E-state index in [0.717, 1.165) is 6.07 Å². The number of rotatable bonds is 4. The van der Waals surface area contributed by atoms with Crippen LogP contribution < -0.4 is 9.46 Å². The predicted molar refractivity (Wildman–Crippen MR) is 68.0 cm³/mol. The molecular formula is C12H11FN2O3S. The first-order chi connectivity index (χ1) is 9.03. The third-order valence-electron chi connectivity index (χ3n) is 2.34. The molecule has 0 spiro atoms. The lowest BCUT2D eigenvalue weighted by atomic mass is 10.3. The molecule has 2 rings (SSSR count). The Labute approximate surface area is 110 Å². The summed E-state index contributed by atoms with van der Waals surface area (Å²) < 4.78 is 44.5. The molecular weight excluding hydrogens is 271 g/mol. The Morgan fingerprint density at radius 3 is 2.63 bits per heavy atom. The van der Waals surface area contributed by atoms with Gasteiger partial charge in [0.2, 0.25) is 0 Å². The SMILES string of the molecule is COc1ccc(S(=O)(=O)Nc2ccccn2)cc1F. The third kappa shape index (κ3) is 3.00. The molecule has 100 valence electrons. The first-order valence-electron chi connectivity index (χ1n) is 5.30. The van der Waals surface area contributed by atoms with Gasteiger partial charge in [0.1, 0.15) is 5.82 Å². The van der Waals surface area contributed by atoms with Crippen molar-refractivity contribution in [2.24, 2.45) is 0 Å². The zero-order chi connectivity index (χ0) is 13.9. The maximum atomic E-state index is 13.5. The second-order valence-electron chi connectivity index (χ2n) is 3.62. The van der Waals surface area contributed by atoms with E-state index >= 15 is 0 Å². The molecule has 0 radical (unpaired) electrons. The van der Waals surface area contributed by atoms with Gasteiger partial charge in [-0.1, -0.05) is 6.07 Å². The monoisotopic (exact) mass is 282 g/mol. The van der Waals surface area contributed by atoms with Gasteiger partial charge in [0, 0.05) is 6.20 Å². The molecule has 0 aliphatic rings. The lowest BCUT2D eigenvalue weighted by molar-refractivity contribution is 0.385. The van der Waals surface area contributed by atoms with Crippen molar-refractivity contribution in [3.63, 3.8) is 0 Å². The summed E-state index contributed by atoms with van der Waals surface area (Å²) in [5, 5.41) is 0. The molecule has 5 nitrogen and oxygen atoms in total. The Morgan fingerprint density at radius 1 is 1.26 bits per heavy atom. The number of sulfonamides is 1. The Hall–Kier alpha value is -2.15. The smallest absolute Gasteiger partial charge is 0.263 e. The summed E-state index contributed by atoms with van der Waals surface area (Å²) in [7, 11) is -2.56. The van der Waals surface area contributed by atoms with Gasteiger partial charge in [-0.2, -0.15) is 0 Å². The highest BCUT2D eigenvalue weighted by Crippen LogP contribution is 2.21. The van der Waals surface area contributed by atoms with Gasteiger partial charge in [0.05, 0.1) is 12.0 Å². The zero-order valence-electron chi connectivity index (χ0n) is 10.00. The molecule has 0 aliphatic heterocycles. The van der Waals surface area contributed by atoms with E-state index in [4.69, 9.17) is 4.74 Å². The lowest BCUT2D eigenvalue weighted by Gasteiger charge is -2.08. The van der Waals surface area contributed by atoms with E-state index in [0.29, 0.717) is 0 Å². The normalized spacial score (nSPS) is 11.1. The molecule has 2 aromatic rings. The van der Waals surface area contributed by atoms with Crippen molar-refractivity contribution >= 4 is 15.8 Å². The van der Waals surface area contributed by atoms with E-state index in [9.17, 15) is 12.8 Å². The van der Waals surface area contributed by atoms with E-state index in [1.165, 1.54) is 31.5 Å². The standard InChI is InChI=1S/C12H11FN2O3S/c1-18-11-6-5-9(8-10(11)13)19(16,17)15-12-4-2-3-7-14-12/h2-8H,1H3,(H,14,15). The minimum absolute atomic E-state index is 0.0169. The number of nitrogens with zero attached hydrogens (tertiary/aromatic N) is 1. The molecule has 1 aromatic heterocycles. The summed E-state index contributed by atoms with van der Waals surface area (Å²) in [5.74, 6) is -0.595. The van der Waals surface area contributed by atoms with Gasteiger partial charge < -0.3 is 4.74 Å². The number of benzene rings is 1. The molecule has 19 heavy (non-hydrogen) atoms. The highest BCUT2D eigenvalue weighted by Gasteiger charge is 2.17. The number of halogens is 1. The Balaban J connectivity index is 2.32. The maximum Gasteiger partial charge on any atom is 0.263 e. The molecule has 0 amide bonds. The Morgan fingerprint density at radius 2 is 2.05 bits per heavy atom. The highest BCUT2D eigenvalue weighted by atomic mass is 32.2. The van der Waals surface area contributed by atoms with Gasteiger partial charge in [0.25, 0.3) is 10.0 Å². The molecule has 0 bridgehead atoms. The van der Waals surface area contributed by atoms with Crippen molar-refractivity contribution in [1.82, 2.24) is 4.98 Å².